The lowest BCUT2D eigenvalue weighted by atomic mass is 9.65. The van der Waals surface area contributed by atoms with Crippen LogP contribution >= 0.6 is 0 Å². The van der Waals surface area contributed by atoms with E-state index < -0.39 is 0 Å². The van der Waals surface area contributed by atoms with Gasteiger partial charge in [0.25, 0.3) is 0 Å². The molecule has 2 radical (unpaired) electrons. The summed E-state index contributed by atoms with van der Waals surface area (Å²) in [5, 5.41) is 4.60. The number of nitrogens with zero attached hydrogens (tertiary/aromatic N) is 2. The third-order valence-corrected chi connectivity index (χ3v) is 3.59. The normalized spacial score (nSPS) is 23.1. The maximum Gasteiger partial charge on any atom is 0.0747 e. The Morgan fingerprint density at radius 1 is 1.33 bits per heavy atom. The molecule has 18 heavy (non-hydrogen) atoms. The summed E-state index contributed by atoms with van der Waals surface area (Å²) in [7, 11) is 8.39. The molecule has 0 bridgehead atoms. The highest BCUT2D eigenvalue weighted by atomic mass is 15.3. The van der Waals surface area contributed by atoms with E-state index in [0.717, 1.165) is 19.3 Å². The van der Waals surface area contributed by atoms with Gasteiger partial charge in [0.15, 0.2) is 0 Å². The predicted octanol–water partition coefficient (Wildman–Crippen LogP) is 3.80. The van der Waals surface area contributed by atoms with E-state index in [2.05, 4.69) is 37.6 Å². The van der Waals surface area contributed by atoms with Gasteiger partial charge in [0, 0.05) is 12.7 Å². The Kier molecular flexibility index (Phi) is 5.06. The first-order chi connectivity index (χ1) is 8.41. The highest BCUT2D eigenvalue weighted by Gasteiger charge is 2.28. The van der Waals surface area contributed by atoms with Crippen LogP contribution in [0.2, 0.25) is 5.31 Å². The molecule has 2 rings (SSSR count). The van der Waals surface area contributed by atoms with Crippen molar-refractivity contribution in [1.29, 1.82) is 0 Å². The van der Waals surface area contributed by atoms with Gasteiger partial charge in [-0.2, -0.15) is 5.10 Å². The molecule has 0 N–H and O–H groups in total. The van der Waals surface area contributed by atoms with Crippen LogP contribution in [0.15, 0.2) is 0 Å². The lowest BCUT2D eigenvalue weighted by molar-refractivity contribution is 0.541. The maximum atomic E-state index is 6.33. The number of aromatic nitrogens is 2. The van der Waals surface area contributed by atoms with Gasteiger partial charge in [-0.25, -0.2) is 0 Å². The van der Waals surface area contributed by atoms with Crippen molar-refractivity contribution >= 4 is 7.85 Å². The summed E-state index contributed by atoms with van der Waals surface area (Å²) in [6, 6.07) is 0. The molecule has 1 atom stereocenters. The Bertz CT molecular complexity index is 391. The minimum atomic E-state index is -0.0576. The van der Waals surface area contributed by atoms with Crippen LogP contribution in [0.4, 0.5) is 0 Å². The lowest BCUT2D eigenvalue weighted by Crippen LogP contribution is -2.11. The molecule has 0 saturated carbocycles. The van der Waals surface area contributed by atoms with Crippen molar-refractivity contribution in [2.24, 2.45) is 7.05 Å². The quantitative estimate of drug-likeness (QED) is 0.544. The number of fused-ring (bicyclic) bond motifs is 1. The standard InChI is InChI=1S/C13H21BN2.C2H6/c1-9(2)12-10-8-13(3,14)7-5-6-11(10)16(4)15-12;1-2/h9H,5-8H2,1-4H3;1-2H3. The first kappa shape index (κ1) is 15.3. The van der Waals surface area contributed by atoms with Gasteiger partial charge in [0.05, 0.1) is 13.5 Å². The Balaban J connectivity index is 0.000000771. The molecule has 100 valence electrons. The van der Waals surface area contributed by atoms with Gasteiger partial charge in [0.1, 0.15) is 0 Å². The van der Waals surface area contributed by atoms with E-state index in [1.165, 1.54) is 23.4 Å². The molecule has 1 aromatic heterocycles. The molecule has 1 aliphatic carbocycles. The molecule has 0 aromatic carbocycles. The Morgan fingerprint density at radius 2 is 1.94 bits per heavy atom. The van der Waals surface area contributed by atoms with E-state index in [1.807, 2.05) is 13.8 Å². The van der Waals surface area contributed by atoms with Gasteiger partial charge >= 0.3 is 0 Å². The molecule has 3 heteroatoms. The van der Waals surface area contributed by atoms with E-state index >= 15 is 0 Å². The smallest absolute Gasteiger partial charge is 0.0747 e. The van der Waals surface area contributed by atoms with E-state index in [4.69, 9.17) is 7.85 Å². The molecule has 1 aliphatic rings. The largest absolute Gasteiger partial charge is 0.272 e. The van der Waals surface area contributed by atoms with Gasteiger partial charge in [0.2, 0.25) is 0 Å². The number of rotatable bonds is 1. The lowest BCUT2D eigenvalue weighted by Gasteiger charge is -2.23. The highest BCUT2D eigenvalue weighted by molar-refractivity contribution is 6.15. The van der Waals surface area contributed by atoms with Crippen LogP contribution in [0.3, 0.4) is 0 Å². The van der Waals surface area contributed by atoms with Crippen molar-refractivity contribution < 1.29 is 0 Å². The van der Waals surface area contributed by atoms with E-state index in [0.29, 0.717) is 5.92 Å². The van der Waals surface area contributed by atoms with Crippen molar-refractivity contribution in [3.63, 3.8) is 0 Å². The number of aryl methyl sites for hydroxylation is 1. The fourth-order valence-electron chi connectivity index (χ4n) is 2.75. The summed E-state index contributed by atoms with van der Waals surface area (Å²) in [6.07, 6.45) is 4.39. The van der Waals surface area contributed by atoms with E-state index in [9.17, 15) is 0 Å². The van der Waals surface area contributed by atoms with Crippen molar-refractivity contribution in [1.82, 2.24) is 9.78 Å². The number of hydrogen-bond donors (Lipinski definition) is 0. The maximum absolute atomic E-state index is 6.33. The van der Waals surface area contributed by atoms with Crippen molar-refractivity contribution in [2.45, 2.75) is 71.5 Å². The molecule has 0 amide bonds. The van der Waals surface area contributed by atoms with Gasteiger partial charge in [-0.3, -0.25) is 4.68 Å². The van der Waals surface area contributed by atoms with Crippen molar-refractivity contribution in [2.75, 3.05) is 0 Å². The average Bonchev–Trinajstić information content (AvgIpc) is 2.51. The van der Waals surface area contributed by atoms with Gasteiger partial charge in [-0.1, -0.05) is 46.4 Å². The summed E-state index contributed by atoms with van der Waals surface area (Å²) < 4.78 is 2.06. The molecule has 0 aliphatic heterocycles. The summed E-state index contributed by atoms with van der Waals surface area (Å²) in [5.41, 5.74) is 4.06. The van der Waals surface area contributed by atoms with Crippen molar-refractivity contribution in [3.8, 4) is 0 Å². The topological polar surface area (TPSA) is 17.8 Å². The molecule has 0 fully saturated rings. The van der Waals surface area contributed by atoms with Crippen molar-refractivity contribution in [3.05, 3.63) is 17.0 Å². The summed E-state index contributed by atoms with van der Waals surface area (Å²) >= 11 is 0. The summed E-state index contributed by atoms with van der Waals surface area (Å²) in [6.45, 7) is 10.6. The fraction of sp³-hybridized carbons (Fsp3) is 0.800. The number of hydrogen-bond acceptors (Lipinski definition) is 1. The second-order valence-electron chi connectivity index (χ2n) is 5.77. The molecule has 0 saturated heterocycles. The fourth-order valence-corrected chi connectivity index (χ4v) is 2.75. The third-order valence-electron chi connectivity index (χ3n) is 3.59. The predicted molar refractivity (Wildman–Crippen MR) is 79.4 cm³/mol. The highest BCUT2D eigenvalue weighted by Crippen LogP contribution is 2.39. The monoisotopic (exact) mass is 246 g/mol. The molecule has 1 aromatic rings. The molecule has 1 unspecified atom stereocenters. The zero-order valence-electron chi connectivity index (χ0n) is 12.9. The second kappa shape index (κ2) is 5.94. The van der Waals surface area contributed by atoms with Gasteiger partial charge in [-0.05, 0) is 30.7 Å². The van der Waals surface area contributed by atoms with Crippen LogP contribution in [0, 0.1) is 0 Å². The Hall–Kier alpha value is -0.725. The average molecular weight is 246 g/mol. The minimum absolute atomic E-state index is 0.0576. The SMILES string of the molecule is CC.[B]C1(C)CCCc2c(c(C(C)C)nn2C)C1. The van der Waals surface area contributed by atoms with Crippen LogP contribution in [0.25, 0.3) is 0 Å². The minimum Gasteiger partial charge on any atom is -0.272 e. The molecular weight excluding hydrogens is 219 g/mol. The van der Waals surface area contributed by atoms with Crippen LogP contribution in [-0.2, 0) is 19.9 Å². The first-order valence-electron chi connectivity index (χ1n) is 7.24. The Morgan fingerprint density at radius 3 is 2.50 bits per heavy atom. The van der Waals surface area contributed by atoms with Crippen LogP contribution in [0.1, 0.15) is 70.3 Å². The van der Waals surface area contributed by atoms with E-state index in [1.54, 1.807) is 0 Å². The van der Waals surface area contributed by atoms with Crippen LogP contribution in [-0.4, -0.2) is 17.6 Å². The molecule has 2 nitrogen and oxygen atoms in total. The van der Waals surface area contributed by atoms with Crippen LogP contribution < -0.4 is 0 Å². The third kappa shape index (κ3) is 3.18. The van der Waals surface area contributed by atoms with Gasteiger partial charge in [-0.15, -0.1) is 0 Å². The summed E-state index contributed by atoms with van der Waals surface area (Å²) in [4.78, 5) is 0. The Labute approximate surface area is 114 Å². The second-order valence-corrected chi connectivity index (χ2v) is 5.77. The van der Waals surface area contributed by atoms with E-state index in [-0.39, 0.29) is 5.31 Å². The molecule has 1 heterocycles. The first-order valence-corrected chi connectivity index (χ1v) is 7.24. The zero-order valence-corrected chi connectivity index (χ0v) is 12.9. The molecular formula is C15H27BN2. The van der Waals surface area contributed by atoms with Crippen LogP contribution in [0.5, 0.6) is 0 Å². The zero-order chi connectivity index (χ0) is 13.9. The summed E-state index contributed by atoms with van der Waals surface area (Å²) in [5.74, 6) is 0.490. The molecule has 0 spiro atoms. The van der Waals surface area contributed by atoms with Gasteiger partial charge < -0.3 is 0 Å².